The number of nitrogens with two attached hydrogens (primary N) is 1. The Labute approximate surface area is 143 Å². The van der Waals surface area contributed by atoms with E-state index in [0.29, 0.717) is 11.6 Å². The average Bonchev–Trinajstić information content (AvgIpc) is 3.07. The predicted octanol–water partition coefficient (Wildman–Crippen LogP) is 2.83. The molecule has 126 valence electrons. The van der Waals surface area contributed by atoms with Crippen molar-refractivity contribution in [3.05, 3.63) is 45.0 Å². The highest BCUT2D eigenvalue weighted by Crippen LogP contribution is 2.33. The molecule has 9 heteroatoms. The number of nitrogens with zero attached hydrogens (tertiary/aromatic N) is 4. The van der Waals surface area contributed by atoms with Crippen molar-refractivity contribution in [2.75, 3.05) is 29.0 Å². The Balaban J connectivity index is 1.85. The van der Waals surface area contributed by atoms with Crippen molar-refractivity contribution in [3.8, 4) is 0 Å². The lowest BCUT2D eigenvalue weighted by Gasteiger charge is -2.17. The standard InChI is InChI=1S/C15H17ClN6O2/c16-11-5-3-10(4-6-11)9-18-15-19-13(17)12(22(23)24)14(20-15)21-7-1-2-8-21/h3-6H,1-2,7-9H2,(H3,17,18,19,20). The van der Waals surface area contributed by atoms with Crippen molar-refractivity contribution >= 4 is 34.9 Å². The number of aromatic nitrogens is 2. The molecule has 2 aromatic rings. The van der Waals surface area contributed by atoms with Crippen LogP contribution in [0.25, 0.3) is 0 Å². The predicted molar refractivity (Wildman–Crippen MR) is 93.3 cm³/mol. The maximum atomic E-state index is 11.3. The molecule has 24 heavy (non-hydrogen) atoms. The van der Waals surface area contributed by atoms with E-state index >= 15 is 0 Å². The first-order chi connectivity index (χ1) is 11.5. The molecule has 0 spiro atoms. The van der Waals surface area contributed by atoms with Crippen molar-refractivity contribution in [2.24, 2.45) is 0 Å². The van der Waals surface area contributed by atoms with E-state index in [4.69, 9.17) is 17.3 Å². The third-order valence-corrected chi connectivity index (χ3v) is 4.10. The summed E-state index contributed by atoms with van der Waals surface area (Å²) in [6.07, 6.45) is 1.96. The number of nitrogen functional groups attached to an aromatic ring is 1. The molecule has 0 unspecified atom stereocenters. The van der Waals surface area contributed by atoms with E-state index < -0.39 is 4.92 Å². The first-order valence-electron chi connectivity index (χ1n) is 7.60. The van der Waals surface area contributed by atoms with Gasteiger partial charge in [-0.1, -0.05) is 23.7 Å². The largest absolute Gasteiger partial charge is 0.378 e. The number of anilines is 3. The topological polar surface area (TPSA) is 110 Å². The van der Waals surface area contributed by atoms with Crippen molar-refractivity contribution in [1.29, 1.82) is 0 Å². The molecule has 1 aliphatic rings. The maximum absolute atomic E-state index is 11.3. The first kappa shape index (κ1) is 16.3. The van der Waals surface area contributed by atoms with Crippen LogP contribution in [0.2, 0.25) is 5.02 Å². The van der Waals surface area contributed by atoms with Crippen molar-refractivity contribution < 1.29 is 4.92 Å². The second-order valence-corrected chi connectivity index (χ2v) is 5.97. The molecule has 0 bridgehead atoms. The number of hydrogen-bond acceptors (Lipinski definition) is 7. The Kier molecular flexibility index (Phi) is 4.66. The lowest BCUT2D eigenvalue weighted by Crippen LogP contribution is -2.22. The van der Waals surface area contributed by atoms with Gasteiger partial charge in [0.15, 0.2) is 0 Å². The lowest BCUT2D eigenvalue weighted by molar-refractivity contribution is -0.383. The molecule has 0 atom stereocenters. The smallest absolute Gasteiger partial charge is 0.353 e. The van der Waals surface area contributed by atoms with Gasteiger partial charge in [-0.3, -0.25) is 10.1 Å². The fourth-order valence-electron chi connectivity index (χ4n) is 2.65. The molecule has 2 heterocycles. The highest BCUT2D eigenvalue weighted by molar-refractivity contribution is 6.30. The average molecular weight is 349 g/mol. The normalized spacial score (nSPS) is 14.0. The second kappa shape index (κ2) is 6.88. The van der Waals surface area contributed by atoms with Gasteiger partial charge in [-0.25, -0.2) is 0 Å². The molecule has 0 radical (unpaired) electrons. The van der Waals surface area contributed by atoms with Gasteiger partial charge >= 0.3 is 5.69 Å². The maximum Gasteiger partial charge on any atom is 0.353 e. The van der Waals surface area contributed by atoms with E-state index in [9.17, 15) is 10.1 Å². The van der Waals surface area contributed by atoms with Gasteiger partial charge in [-0.15, -0.1) is 0 Å². The van der Waals surface area contributed by atoms with Gasteiger partial charge in [0.2, 0.25) is 17.6 Å². The van der Waals surface area contributed by atoms with Crippen molar-refractivity contribution in [3.63, 3.8) is 0 Å². The van der Waals surface area contributed by atoms with Crippen LogP contribution in [0, 0.1) is 10.1 Å². The van der Waals surface area contributed by atoms with Crippen LogP contribution in [0.3, 0.4) is 0 Å². The number of hydrogen-bond donors (Lipinski definition) is 2. The van der Waals surface area contributed by atoms with Crippen LogP contribution < -0.4 is 16.0 Å². The van der Waals surface area contributed by atoms with Crippen LogP contribution in [0.4, 0.5) is 23.3 Å². The second-order valence-electron chi connectivity index (χ2n) is 5.54. The highest BCUT2D eigenvalue weighted by atomic mass is 35.5. The minimum atomic E-state index is -0.522. The summed E-state index contributed by atoms with van der Waals surface area (Å²) in [7, 11) is 0. The summed E-state index contributed by atoms with van der Waals surface area (Å²) in [5, 5.41) is 15.0. The lowest BCUT2D eigenvalue weighted by atomic mass is 10.2. The summed E-state index contributed by atoms with van der Waals surface area (Å²) < 4.78 is 0. The first-order valence-corrected chi connectivity index (χ1v) is 7.97. The summed E-state index contributed by atoms with van der Waals surface area (Å²) in [6, 6.07) is 7.34. The van der Waals surface area contributed by atoms with E-state index in [2.05, 4.69) is 15.3 Å². The van der Waals surface area contributed by atoms with Gasteiger partial charge < -0.3 is 16.0 Å². The molecule has 3 rings (SSSR count). The number of nitro groups is 1. The number of nitrogens with one attached hydrogen (secondary N) is 1. The van der Waals surface area contributed by atoms with Crippen LogP contribution in [0.5, 0.6) is 0 Å². The van der Waals surface area contributed by atoms with E-state index in [1.165, 1.54) is 0 Å². The minimum absolute atomic E-state index is 0.129. The summed E-state index contributed by atoms with van der Waals surface area (Å²) in [4.78, 5) is 21.0. The quantitative estimate of drug-likeness (QED) is 0.631. The Hall–Kier alpha value is -2.61. The van der Waals surface area contributed by atoms with Gasteiger partial charge in [0.1, 0.15) is 0 Å². The molecule has 1 aromatic heterocycles. The molecule has 8 nitrogen and oxygen atoms in total. The fourth-order valence-corrected chi connectivity index (χ4v) is 2.77. The number of benzene rings is 1. The van der Waals surface area contributed by atoms with E-state index in [0.717, 1.165) is 31.5 Å². The van der Waals surface area contributed by atoms with E-state index in [-0.39, 0.29) is 23.3 Å². The Morgan fingerprint density at radius 2 is 1.92 bits per heavy atom. The summed E-state index contributed by atoms with van der Waals surface area (Å²) in [5.74, 6) is 0.425. The molecule has 1 fully saturated rings. The number of rotatable bonds is 5. The molecule has 0 amide bonds. The van der Waals surface area contributed by atoms with Crippen LogP contribution in [0.15, 0.2) is 24.3 Å². The van der Waals surface area contributed by atoms with E-state index in [1.807, 2.05) is 17.0 Å². The molecule has 1 saturated heterocycles. The van der Waals surface area contributed by atoms with Gasteiger partial charge in [0.05, 0.1) is 4.92 Å². The highest BCUT2D eigenvalue weighted by Gasteiger charge is 2.28. The third-order valence-electron chi connectivity index (χ3n) is 3.84. The molecule has 0 saturated carbocycles. The zero-order valence-corrected chi connectivity index (χ0v) is 13.7. The Bertz CT molecular complexity index is 746. The van der Waals surface area contributed by atoms with Crippen molar-refractivity contribution in [2.45, 2.75) is 19.4 Å². The Morgan fingerprint density at radius 3 is 2.54 bits per heavy atom. The molecular formula is C15H17ClN6O2. The summed E-state index contributed by atoms with van der Waals surface area (Å²) in [6.45, 7) is 1.93. The molecule has 0 aliphatic carbocycles. The zero-order valence-electron chi connectivity index (χ0n) is 12.9. The third kappa shape index (κ3) is 3.48. The molecule has 1 aliphatic heterocycles. The van der Waals surface area contributed by atoms with Crippen LogP contribution >= 0.6 is 11.6 Å². The Morgan fingerprint density at radius 1 is 1.25 bits per heavy atom. The van der Waals surface area contributed by atoms with Crippen LogP contribution in [-0.2, 0) is 6.54 Å². The fraction of sp³-hybridized carbons (Fsp3) is 0.333. The monoisotopic (exact) mass is 348 g/mol. The van der Waals surface area contributed by atoms with Gasteiger partial charge in [0.25, 0.3) is 0 Å². The number of halogens is 1. The minimum Gasteiger partial charge on any atom is -0.378 e. The van der Waals surface area contributed by atoms with Gasteiger partial charge in [-0.2, -0.15) is 9.97 Å². The van der Waals surface area contributed by atoms with Crippen molar-refractivity contribution in [1.82, 2.24) is 9.97 Å². The van der Waals surface area contributed by atoms with Crippen LogP contribution in [0.1, 0.15) is 18.4 Å². The zero-order chi connectivity index (χ0) is 17.1. The SMILES string of the molecule is Nc1nc(NCc2ccc(Cl)cc2)nc(N2CCCC2)c1[N+](=O)[O-]. The summed E-state index contributed by atoms with van der Waals surface area (Å²) in [5.41, 5.74) is 6.56. The van der Waals surface area contributed by atoms with E-state index in [1.54, 1.807) is 12.1 Å². The molecule has 3 N–H and O–H groups in total. The van der Waals surface area contributed by atoms with Crippen LogP contribution in [-0.4, -0.2) is 28.0 Å². The molecule has 1 aromatic carbocycles. The van der Waals surface area contributed by atoms with Gasteiger partial charge in [-0.05, 0) is 30.5 Å². The molecular weight excluding hydrogens is 332 g/mol. The summed E-state index contributed by atoms with van der Waals surface area (Å²) >= 11 is 5.86. The van der Waals surface area contributed by atoms with Gasteiger partial charge in [0, 0.05) is 24.7 Å².